The summed E-state index contributed by atoms with van der Waals surface area (Å²) in [5, 5.41) is 6.39. The number of sulfone groups is 1. The maximum absolute atomic E-state index is 13.7. The van der Waals surface area contributed by atoms with Crippen molar-refractivity contribution in [3.63, 3.8) is 0 Å². The van der Waals surface area contributed by atoms with E-state index in [2.05, 4.69) is 15.6 Å². The predicted molar refractivity (Wildman–Crippen MR) is 113 cm³/mol. The number of nitrogens with one attached hydrogen (secondary N) is 2. The highest BCUT2D eigenvalue weighted by molar-refractivity contribution is 7.90. The third-order valence-corrected chi connectivity index (χ3v) is 5.53. The van der Waals surface area contributed by atoms with Crippen molar-refractivity contribution in [3.8, 4) is 0 Å². The molecule has 0 saturated heterocycles. The van der Waals surface area contributed by atoms with E-state index < -0.39 is 9.84 Å². The van der Waals surface area contributed by atoms with E-state index in [1.54, 1.807) is 31.2 Å². The second kappa shape index (κ2) is 10.4. The van der Waals surface area contributed by atoms with E-state index in [1.165, 1.54) is 19.4 Å². The third-order valence-electron chi connectivity index (χ3n) is 4.27. The number of methoxy groups -OCH3 is 1. The van der Waals surface area contributed by atoms with E-state index in [-0.39, 0.29) is 12.4 Å². The fourth-order valence-electron chi connectivity index (χ4n) is 2.93. The van der Waals surface area contributed by atoms with Crippen LogP contribution in [0.4, 0.5) is 4.39 Å². The topological polar surface area (TPSA) is 79.8 Å². The normalized spacial score (nSPS) is 12.1. The molecule has 0 fully saturated rings. The molecule has 2 aromatic carbocycles. The largest absolute Gasteiger partial charge is 0.380 e. The Morgan fingerprint density at radius 1 is 1.14 bits per heavy atom. The lowest BCUT2D eigenvalue weighted by Crippen LogP contribution is -2.36. The van der Waals surface area contributed by atoms with Crippen LogP contribution < -0.4 is 10.6 Å². The Hall–Kier alpha value is -2.45. The van der Waals surface area contributed by atoms with E-state index >= 15 is 0 Å². The molecule has 158 valence electrons. The Kier molecular flexibility index (Phi) is 8.16. The fourth-order valence-corrected chi connectivity index (χ4v) is 3.89. The molecule has 0 aliphatic carbocycles. The van der Waals surface area contributed by atoms with Gasteiger partial charge in [0, 0.05) is 32.0 Å². The van der Waals surface area contributed by atoms with Crippen LogP contribution in [-0.4, -0.2) is 34.3 Å². The summed E-state index contributed by atoms with van der Waals surface area (Å²) in [6.45, 7) is 5.54. The molecule has 0 spiro atoms. The predicted octanol–water partition coefficient (Wildman–Crippen LogP) is 2.94. The van der Waals surface area contributed by atoms with Gasteiger partial charge in [0.15, 0.2) is 15.8 Å². The summed E-state index contributed by atoms with van der Waals surface area (Å²) in [7, 11) is -1.70. The van der Waals surface area contributed by atoms with Crippen molar-refractivity contribution in [2.75, 3.05) is 19.9 Å². The molecular formula is C21H28FN3O3S. The summed E-state index contributed by atoms with van der Waals surface area (Å²) in [6, 6.07) is 10.1. The molecule has 0 amide bonds. The first-order valence-corrected chi connectivity index (χ1v) is 11.2. The number of hydrogen-bond acceptors (Lipinski definition) is 4. The Labute approximate surface area is 172 Å². The van der Waals surface area contributed by atoms with Gasteiger partial charge in [0.1, 0.15) is 5.82 Å². The maximum Gasteiger partial charge on any atom is 0.191 e. The first-order chi connectivity index (χ1) is 13.7. The standard InChI is InChI=1S/C21H28FN3O3S/c1-5-23-21(25-13-17-6-8-19(22)18(11-17)14-28-3)24-12-16-7-9-20(15(2)10-16)29(4,26)27/h6-11H,5,12-14H2,1-4H3,(H2,23,24,25). The van der Waals surface area contributed by atoms with Crippen LogP contribution in [0.5, 0.6) is 0 Å². The van der Waals surface area contributed by atoms with Crippen molar-refractivity contribution >= 4 is 15.8 Å². The summed E-state index contributed by atoms with van der Waals surface area (Å²) in [5.41, 5.74) is 3.04. The number of ether oxygens (including phenoxy) is 1. The highest BCUT2D eigenvalue weighted by atomic mass is 32.2. The van der Waals surface area contributed by atoms with Gasteiger partial charge in [-0.15, -0.1) is 0 Å². The highest BCUT2D eigenvalue weighted by Gasteiger charge is 2.11. The molecule has 0 unspecified atom stereocenters. The summed E-state index contributed by atoms with van der Waals surface area (Å²) >= 11 is 0. The van der Waals surface area contributed by atoms with Gasteiger partial charge < -0.3 is 15.4 Å². The minimum absolute atomic E-state index is 0.219. The van der Waals surface area contributed by atoms with Crippen molar-refractivity contribution in [2.24, 2.45) is 4.99 Å². The van der Waals surface area contributed by atoms with Gasteiger partial charge in [0.05, 0.1) is 18.0 Å². The fraction of sp³-hybridized carbons (Fsp3) is 0.381. The zero-order chi connectivity index (χ0) is 21.4. The minimum Gasteiger partial charge on any atom is -0.380 e. The highest BCUT2D eigenvalue weighted by Crippen LogP contribution is 2.17. The Bertz CT molecular complexity index is 975. The van der Waals surface area contributed by atoms with Gasteiger partial charge in [-0.25, -0.2) is 17.8 Å². The molecule has 2 N–H and O–H groups in total. The second-order valence-electron chi connectivity index (χ2n) is 6.78. The van der Waals surface area contributed by atoms with Gasteiger partial charge in [-0.3, -0.25) is 0 Å². The second-order valence-corrected chi connectivity index (χ2v) is 8.76. The first-order valence-electron chi connectivity index (χ1n) is 9.32. The van der Waals surface area contributed by atoms with Crippen molar-refractivity contribution in [2.45, 2.75) is 38.4 Å². The molecule has 0 atom stereocenters. The van der Waals surface area contributed by atoms with E-state index in [0.29, 0.717) is 41.6 Å². The molecular weight excluding hydrogens is 393 g/mol. The van der Waals surface area contributed by atoms with Gasteiger partial charge in [-0.05, 0) is 48.7 Å². The first kappa shape index (κ1) is 22.8. The van der Waals surface area contributed by atoms with Crippen molar-refractivity contribution < 1.29 is 17.5 Å². The molecule has 0 bridgehead atoms. The van der Waals surface area contributed by atoms with Gasteiger partial charge in [-0.1, -0.05) is 18.2 Å². The van der Waals surface area contributed by atoms with E-state index in [0.717, 1.165) is 11.1 Å². The SMILES string of the molecule is CCNC(=NCc1ccc(S(C)(=O)=O)c(C)c1)NCc1ccc(F)c(COC)c1. The van der Waals surface area contributed by atoms with Crippen molar-refractivity contribution in [1.82, 2.24) is 10.6 Å². The lowest BCUT2D eigenvalue weighted by Gasteiger charge is -2.13. The zero-order valence-corrected chi connectivity index (χ0v) is 18.1. The van der Waals surface area contributed by atoms with Gasteiger partial charge in [-0.2, -0.15) is 0 Å². The van der Waals surface area contributed by atoms with E-state index in [9.17, 15) is 12.8 Å². The molecule has 0 radical (unpaired) electrons. The van der Waals surface area contributed by atoms with Crippen LogP contribution in [0.3, 0.4) is 0 Å². The molecule has 0 aliphatic rings. The number of aliphatic imine (C=N–C) groups is 1. The zero-order valence-electron chi connectivity index (χ0n) is 17.3. The van der Waals surface area contributed by atoms with Crippen molar-refractivity contribution in [1.29, 1.82) is 0 Å². The lowest BCUT2D eigenvalue weighted by molar-refractivity contribution is 0.181. The molecule has 0 saturated carbocycles. The summed E-state index contributed by atoms with van der Waals surface area (Å²) < 4.78 is 42.3. The van der Waals surface area contributed by atoms with Crippen LogP contribution in [0.25, 0.3) is 0 Å². The van der Waals surface area contributed by atoms with Crippen LogP contribution in [0.1, 0.15) is 29.2 Å². The minimum atomic E-state index is -3.24. The van der Waals surface area contributed by atoms with Crippen LogP contribution >= 0.6 is 0 Å². The molecule has 0 aromatic heterocycles. The summed E-state index contributed by atoms with van der Waals surface area (Å²) in [6.07, 6.45) is 1.20. The summed E-state index contributed by atoms with van der Waals surface area (Å²) in [5.74, 6) is 0.332. The molecule has 0 aliphatic heterocycles. The van der Waals surface area contributed by atoms with Gasteiger partial charge in [0.25, 0.3) is 0 Å². The monoisotopic (exact) mass is 421 g/mol. The number of hydrogen-bond donors (Lipinski definition) is 2. The Morgan fingerprint density at radius 2 is 1.86 bits per heavy atom. The molecule has 8 heteroatoms. The van der Waals surface area contributed by atoms with Gasteiger partial charge in [0.2, 0.25) is 0 Å². The van der Waals surface area contributed by atoms with Crippen molar-refractivity contribution in [3.05, 3.63) is 64.5 Å². The van der Waals surface area contributed by atoms with Crippen LogP contribution in [0.2, 0.25) is 0 Å². The molecule has 6 nitrogen and oxygen atoms in total. The number of nitrogens with zero attached hydrogens (tertiary/aromatic N) is 1. The Balaban J connectivity index is 2.08. The smallest absolute Gasteiger partial charge is 0.191 e. The number of rotatable bonds is 8. The lowest BCUT2D eigenvalue weighted by atomic mass is 10.1. The van der Waals surface area contributed by atoms with Crippen LogP contribution in [0.15, 0.2) is 46.3 Å². The van der Waals surface area contributed by atoms with Crippen LogP contribution in [-0.2, 0) is 34.3 Å². The maximum atomic E-state index is 13.7. The third kappa shape index (κ3) is 6.83. The quantitative estimate of drug-likeness (QED) is 0.506. The number of aryl methyl sites for hydroxylation is 1. The summed E-state index contributed by atoms with van der Waals surface area (Å²) in [4.78, 5) is 4.89. The number of guanidine groups is 1. The average molecular weight is 422 g/mol. The van der Waals surface area contributed by atoms with Gasteiger partial charge >= 0.3 is 0 Å². The van der Waals surface area contributed by atoms with Crippen LogP contribution in [0, 0.1) is 12.7 Å². The molecule has 0 heterocycles. The molecule has 2 aromatic rings. The van der Waals surface area contributed by atoms with E-state index in [1.807, 2.05) is 13.0 Å². The molecule has 2 rings (SSSR count). The average Bonchev–Trinajstić information content (AvgIpc) is 2.65. The Morgan fingerprint density at radius 3 is 2.48 bits per heavy atom. The van der Waals surface area contributed by atoms with E-state index in [4.69, 9.17) is 4.74 Å². The number of halogens is 1. The number of benzene rings is 2. The molecule has 29 heavy (non-hydrogen) atoms.